The maximum atomic E-state index is 11.3. The van der Waals surface area contributed by atoms with Gasteiger partial charge < -0.3 is 5.32 Å². The van der Waals surface area contributed by atoms with Crippen molar-refractivity contribution in [3.8, 4) is 0 Å². The normalized spacial score (nSPS) is 14.3. The zero-order chi connectivity index (χ0) is 13.8. The van der Waals surface area contributed by atoms with E-state index in [1.807, 2.05) is 24.3 Å². The molecule has 19 heavy (non-hydrogen) atoms. The summed E-state index contributed by atoms with van der Waals surface area (Å²) in [5, 5.41) is 6.51. The fourth-order valence-electron chi connectivity index (χ4n) is 1.68. The summed E-state index contributed by atoms with van der Waals surface area (Å²) in [4.78, 5) is 22.3. The van der Waals surface area contributed by atoms with Crippen LogP contribution < -0.4 is 16.1 Å². The number of hydrogen-bond acceptors (Lipinski definition) is 3. The number of rotatable bonds is 3. The highest BCUT2D eigenvalue weighted by atomic mass is 32.1. The lowest BCUT2D eigenvalue weighted by atomic mass is 10.1. The van der Waals surface area contributed by atoms with E-state index in [1.54, 1.807) is 0 Å². The molecule has 0 aromatic heterocycles. The number of nitrogens with one attached hydrogen (secondary N) is 3. The molecule has 6 nitrogen and oxygen atoms in total. The van der Waals surface area contributed by atoms with Crippen molar-refractivity contribution < 1.29 is 9.59 Å². The number of anilines is 1. The van der Waals surface area contributed by atoms with E-state index >= 15 is 0 Å². The van der Waals surface area contributed by atoms with Gasteiger partial charge in [0.2, 0.25) is 5.91 Å². The number of urea groups is 1. The summed E-state index contributed by atoms with van der Waals surface area (Å²) in [5.74, 6) is -0.353. The number of benzene rings is 1. The quantitative estimate of drug-likeness (QED) is 0.568. The number of carbonyl (C=O) groups excluding carboxylic acids is 2. The molecule has 2 rings (SSSR count). The van der Waals surface area contributed by atoms with Crippen LogP contribution in [0.15, 0.2) is 24.3 Å². The number of nitrogens with zero attached hydrogens (tertiary/aromatic N) is 1. The number of imide groups is 1. The molecule has 1 aliphatic rings. The summed E-state index contributed by atoms with van der Waals surface area (Å²) in [6, 6.07) is 7.30. The van der Waals surface area contributed by atoms with Gasteiger partial charge in [-0.1, -0.05) is 19.1 Å². The fourth-order valence-corrected chi connectivity index (χ4v) is 1.91. The van der Waals surface area contributed by atoms with Crippen LogP contribution in [0, 0.1) is 0 Å². The van der Waals surface area contributed by atoms with Crippen LogP contribution in [0.25, 0.3) is 0 Å². The van der Waals surface area contributed by atoms with Crippen LogP contribution in [0.1, 0.15) is 12.5 Å². The lowest BCUT2D eigenvalue weighted by Crippen LogP contribution is -2.45. The molecular formula is C12H14N4O2S. The van der Waals surface area contributed by atoms with Gasteiger partial charge in [-0.15, -0.1) is 0 Å². The van der Waals surface area contributed by atoms with E-state index < -0.39 is 6.03 Å². The first-order valence-corrected chi connectivity index (χ1v) is 6.27. The lowest BCUT2D eigenvalue weighted by molar-refractivity contribution is -0.118. The van der Waals surface area contributed by atoms with Crippen molar-refractivity contribution >= 4 is 35.0 Å². The van der Waals surface area contributed by atoms with E-state index in [2.05, 4.69) is 23.0 Å². The zero-order valence-corrected chi connectivity index (χ0v) is 11.2. The Morgan fingerprint density at radius 2 is 2.26 bits per heavy atom. The van der Waals surface area contributed by atoms with Crippen LogP contribution in [0.5, 0.6) is 0 Å². The molecule has 7 heteroatoms. The van der Waals surface area contributed by atoms with Gasteiger partial charge in [0.25, 0.3) is 0 Å². The first-order chi connectivity index (χ1) is 9.08. The van der Waals surface area contributed by atoms with Gasteiger partial charge in [0.1, 0.15) is 6.54 Å². The van der Waals surface area contributed by atoms with E-state index in [-0.39, 0.29) is 17.6 Å². The monoisotopic (exact) mass is 278 g/mol. The minimum atomic E-state index is -0.503. The summed E-state index contributed by atoms with van der Waals surface area (Å²) in [6.45, 7) is 2.02. The van der Waals surface area contributed by atoms with Gasteiger partial charge in [0.15, 0.2) is 5.11 Å². The minimum Gasteiger partial charge on any atom is -0.331 e. The molecule has 0 aliphatic carbocycles. The van der Waals surface area contributed by atoms with Gasteiger partial charge in [-0.25, -0.2) is 9.80 Å². The molecule has 1 heterocycles. The number of thiocarbonyl (C=S) groups is 1. The molecule has 1 saturated heterocycles. The van der Waals surface area contributed by atoms with Gasteiger partial charge in [-0.05, 0) is 36.3 Å². The van der Waals surface area contributed by atoms with Crippen molar-refractivity contribution in [1.82, 2.24) is 15.8 Å². The summed E-state index contributed by atoms with van der Waals surface area (Å²) >= 11 is 5.09. The van der Waals surface area contributed by atoms with E-state index in [0.717, 1.165) is 17.1 Å². The Labute approximate surface area is 116 Å². The molecule has 0 saturated carbocycles. The van der Waals surface area contributed by atoms with E-state index in [4.69, 9.17) is 12.2 Å². The summed E-state index contributed by atoms with van der Waals surface area (Å²) in [6.07, 6.45) is 0.929. The van der Waals surface area contributed by atoms with Crippen LogP contribution >= 0.6 is 12.2 Å². The topological polar surface area (TPSA) is 73.5 Å². The molecular weight excluding hydrogens is 264 g/mol. The Hall–Kier alpha value is -2.15. The Morgan fingerprint density at radius 3 is 2.89 bits per heavy atom. The predicted octanol–water partition coefficient (Wildman–Crippen LogP) is 1.00. The summed E-state index contributed by atoms with van der Waals surface area (Å²) < 4.78 is 0. The van der Waals surface area contributed by atoms with Crippen LogP contribution in [-0.2, 0) is 11.2 Å². The highest BCUT2D eigenvalue weighted by Crippen LogP contribution is 2.11. The summed E-state index contributed by atoms with van der Waals surface area (Å²) in [5.41, 5.74) is 4.68. The molecule has 3 amide bonds. The Morgan fingerprint density at radius 1 is 1.47 bits per heavy atom. The molecule has 3 N–H and O–H groups in total. The molecule has 100 valence electrons. The number of aryl methyl sites for hydroxylation is 1. The number of hydrazine groups is 1. The standard InChI is InChI=1S/C12H14N4O2S/c1-2-8-4-3-5-9(6-8)13-11(19)15-16-7-10(17)14-12(16)18/h3-6H,2,7H2,1H3,(H2,13,15,19)(H,14,17,18). The third kappa shape index (κ3) is 3.41. The highest BCUT2D eigenvalue weighted by molar-refractivity contribution is 7.80. The lowest BCUT2D eigenvalue weighted by Gasteiger charge is -2.17. The molecule has 0 bridgehead atoms. The van der Waals surface area contributed by atoms with E-state index in [0.29, 0.717) is 0 Å². The van der Waals surface area contributed by atoms with Crippen LogP contribution in [-0.4, -0.2) is 28.6 Å². The average Bonchev–Trinajstić information content (AvgIpc) is 2.68. The van der Waals surface area contributed by atoms with Gasteiger partial charge >= 0.3 is 6.03 Å². The predicted molar refractivity (Wildman–Crippen MR) is 75.4 cm³/mol. The number of carbonyl (C=O) groups is 2. The first kappa shape index (κ1) is 13.3. The molecule has 1 aliphatic heterocycles. The number of amides is 3. The Kier molecular flexibility index (Phi) is 3.96. The smallest absolute Gasteiger partial charge is 0.331 e. The third-order valence-corrected chi connectivity index (χ3v) is 2.82. The van der Waals surface area contributed by atoms with Gasteiger partial charge in [0, 0.05) is 5.69 Å². The Bertz CT molecular complexity index is 532. The minimum absolute atomic E-state index is 0.0460. The first-order valence-electron chi connectivity index (χ1n) is 5.86. The molecule has 0 unspecified atom stereocenters. The van der Waals surface area contributed by atoms with Crippen molar-refractivity contribution in [2.24, 2.45) is 0 Å². The van der Waals surface area contributed by atoms with E-state index in [9.17, 15) is 9.59 Å². The molecule has 1 aromatic rings. The van der Waals surface area contributed by atoms with Crippen LogP contribution in [0.3, 0.4) is 0 Å². The highest BCUT2D eigenvalue weighted by Gasteiger charge is 2.27. The molecule has 0 spiro atoms. The maximum Gasteiger partial charge on any atom is 0.343 e. The van der Waals surface area contributed by atoms with Crippen LogP contribution in [0.2, 0.25) is 0 Å². The van der Waals surface area contributed by atoms with Gasteiger partial charge in [-0.2, -0.15) is 0 Å². The van der Waals surface area contributed by atoms with Crippen molar-refractivity contribution in [2.75, 3.05) is 11.9 Å². The number of hydrogen-bond donors (Lipinski definition) is 3. The molecule has 0 atom stereocenters. The summed E-state index contributed by atoms with van der Waals surface area (Å²) in [7, 11) is 0. The second-order valence-corrected chi connectivity index (χ2v) is 4.47. The maximum absolute atomic E-state index is 11.3. The molecule has 1 fully saturated rings. The molecule has 1 aromatic carbocycles. The third-order valence-electron chi connectivity index (χ3n) is 2.62. The second-order valence-electron chi connectivity index (χ2n) is 4.06. The van der Waals surface area contributed by atoms with Crippen molar-refractivity contribution in [3.05, 3.63) is 29.8 Å². The van der Waals surface area contributed by atoms with E-state index in [1.165, 1.54) is 5.56 Å². The Balaban J connectivity index is 1.94. The zero-order valence-electron chi connectivity index (χ0n) is 10.4. The average molecular weight is 278 g/mol. The fraction of sp³-hybridized carbons (Fsp3) is 0.250. The van der Waals surface area contributed by atoms with Gasteiger partial charge in [-0.3, -0.25) is 15.5 Å². The van der Waals surface area contributed by atoms with Crippen LogP contribution in [0.4, 0.5) is 10.5 Å². The molecule has 0 radical (unpaired) electrons. The largest absolute Gasteiger partial charge is 0.343 e. The van der Waals surface area contributed by atoms with Gasteiger partial charge in [0.05, 0.1) is 0 Å². The second kappa shape index (κ2) is 5.66. The van der Waals surface area contributed by atoms with Crippen molar-refractivity contribution in [3.63, 3.8) is 0 Å². The van der Waals surface area contributed by atoms with Crippen molar-refractivity contribution in [2.45, 2.75) is 13.3 Å². The van der Waals surface area contributed by atoms with Crippen molar-refractivity contribution in [1.29, 1.82) is 0 Å². The SMILES string of the molecule is CCc1cccc(NC(=S)NN2CC(=O)NC2=O)c1.